The predicted molar refractivity (Wildman–Crippen MR) is 102 cm³/mol. The standard InChI is InChI=1S/C16H26ClN3O3S2/c1-5-16(3,4)18-12(2)15(21)19-8-10-20(11-9-19)25(22,23)14-7-6-13(17)24-14/h6-7,12,18H,5,8-11H2,1-4H3. The number of rotatable bonds is 6. The first-order valence-corrected chi connectivity index (χ1v) is 11.0. The molecule has 1 aromatic heterocycles. The van der Waals surface area contributed by atoms with Crippen molar-refractivity contribution in [1.82, 2.24) is 14.5 Å². The number of nitrogens with one attached hydrogen (secondary N) is 1. The molecule has 1 N–H and O–H groups in total. The van der Waals surface area contributed by atoms with Crippen molar-refractivity contribution in [3.8, 4) is 0 Å². The van der Waals surface area contributed by atoms with Crippen LogP contribution >= 0.6 is 22.9 Å². The molecule has 1 aliphatic heterocycles. The summed E-state index contributed by atoms with van der Waals surface area (Å²) in [5, 5.41) is 3.34. The quantitative estimate of drug-likeness (QED) is 0.786. The largest absolute Gasteiger partial charge is 0.339 e. The summed E-state index contributed by atoms with van der Waals surface area (Å²) in [5.41, 5.74) is -0.112. The van der Waals surface area contributed by atoms with Gasteiger partial charge in [-0.1, -0.05) is 18.5 Å². The van der Waals surface area contributed by atoms with Gasteiger partial charge in [-0.3, -0.25) is 4.79 Å². The molecule has 9 heteroatoms. The van der Waals surface area contributed by atoms with Crippen LogP contribution in [-0.2, 0) is 14.8 Å². The van der Waals surface area contributed by atoms with Crippen LogP contribution in [0.25, 0.3) is 0 Å². The highest BCUT2D eigenvalue weighted by Gasteiger charge is 2.33. The van der Waals surface area contributed by atoms with E-state index < -0.39 is 10.0 Å². The number of carbonyl (C=O) groups excluding carboxylic acids is 1. The molecule has 1 fully saturated rings. The molecular formula is C16H26ClN3O3S2. The average molecular weight is 408 g/mol. The molecule has 1 aliphatic rings. The first-order chi connectivity index (χ1) is 11.6. The Morgan fingerprint density at radius 3 is 2.40 bits per heavy atom. The van der Waals surface area contributed by atoms with Gasteiger partial charge in [0.2, 0.25) is 5.91 Å². The van der Waals surface area contributed by atoms with Gasteiger partial charge in [0.25, 0.3) is 10.0 Å². The Hall–Kier alpha value is -0.670. The van der Waals surface area contributed by atoms with Gasteiger partial charge in [0.1, 0.15) is 4.21 Å². The van der Waals surface area contributed by atoms with Gasteiger partial charge in [-0.05, 0) is 39.3 Å². The van der Waals surface area contributed by atoms with Crippen LogP contribution in [0, 0.1) is 0 Å². The summed E-state index contributed by atoms with van der Waals surface area (Å²) in [5.74, 6) is 0.0118. The van der Waals surface area contributed by atoms with Crippen molar-refractivity contribution in [1.29, 1.82) is 0 Å². The Morgan fingerprint density at radius 1 is 1.32 bits per heavy atom. The number of halogens is 1. The minimum atomic E-state index is -3.53. The number of piperazine rings is 1. The molecule has 0 spiro atoms. The molecule has 2 rings (SSSR count). The molecule has 1 atom stereocenters. The van der Waals surface area contributed by atoms with E-state index in [9.17, 15) is 13.2 Å². The number of hydrogen-bond donors (Lipinski definition) is 1. The van der Waals surface area contributed by atoms with Crippen LogP contribution in [-0.4, -0.2) is 61.3 Å². The monoisotopic (exact) mass is 407 g/mol. The number of hydrogen-bond acceptors (Lipinski definition) is 5. The third-order valence-electron chi connectivity index (χ3n) is 4.55. The lowest BCUT2D eigenvalue weighted by Crippen LogP contribution is -2.57. The lowest BCUT2D eigenvalue weighted by atomic mass is 10.0. The van der Waals surface area contributed by atoms with E-state index in [1.54, 1.807) is 11.0 Å². The van der Waals surface area contributed by atoms with E-state index in [1.807, 2.05) is 6.92 Å². The first-order valence-electron chi connectivity index (χ1n) is 8.39. The van der Waals surface area contributed by atoms with E-state index in [-0.39, 0.29) is 21.7 Å². The molecule has 25 heavy (non-hydrogen) atoms. The van der Waals surface area contributed by atoms with Gasteiger partial charge in [-0.15, -0.1) is 11.3 Å². The van der Waals surface area contributed by atoms with E-state index >= 15 is 0 Å². The van der Waals surface area contributed by atoms with Gasteiger partial charge >= 0.3 is 0 Å². The zero-order valence-corrected chi connectivity index (χ0v) is 17.5. The predicted octanol–water partition coefficient (Wildman–Crippen LogP) is 2.40. The Bertz CT molecular complexity index is 710. The fraction of sp³-hybridized carbons (Fsp3) is 0.688. The van der Waals surface area contributed by atoms with Crippen molar-refractivity contribution in [3.05, 3.63) is 16.5 Å². The second-order valence-corrected chi connectivity index (χ2v) is 10.8. The van der Waals surface area contributed by atoms with Gasteiger partial charge < -0.3 is 10.2 Å². The maximum atomic E-state index is 12.6. The van der Waals surface area contributed by atoms with Crippen molar-refractivity contribution in [2.75, 3.05) is 26.2 Å². The molecule has 1 saturated heterocycles. The molecule has 1 amide bonds. The summed E-state index contributed by atoms with van der Waals surface area (Å²) < 4.78 is 27.3. The Kier molecular flexibility index (Phi) is 6.54. The van der Waals surface area contributed by atoms with Crippen LogP contribution in [0.2, 0.25) is 4.34 Å². The van der Waals surface area contributed by atoms with Crippen LogP contribution in [0.15, 0.2) is 16.3 Å². The second kappa shape index (κ2) is 7.92. The lowest BCUT2D eigenvalue weighted by Gasteiger charge is -2.37. The molecule has 2 heterocycles. The van der Waals surface area contributed by atoms with Gasteiger partial charge in [-0.2, -0.15) is 4.31 Å². The van der Waals surface area contributed by atoms with Crippen molar-refractivity contribution >= 4 is 38.9 Å². The molecule has 0 bridgehead atoms. The molecule has 0 saturated carbocycles. The third kappa shape index (κ3) is 4.95. The maximum Gasteiger partial charge on any atom is 0.252 e. The molecule has 0 radical (unpaired) electrons. The van der Waals surface area contributed by atoms with Crippen LogP contribution < -0.4 is 5.32 Å². The molecule has 1 aromatic rings. The summed E-state index contributed by atoms with van der Waals surface area (Å²) in [6.07, 6.45) is 0.917. The van der Waals surface area contributed by atoms with Crippen molar-refractivity contribution in [2.45, 2.75) is 49.9 Å². The number of amides is 1. The zero-order chi connectivity index (χ0) is 18.8. The van der Waals surface area contributed by atoms with E-state index in [1.165, 1.54) is 10.4 Å². The normalized spacial score (nSPS) is 18.4. The van der Waals surface area contributed by atoms with Crippen LogP contribution in [0.5, 0.6) is 0 Å². The number of thiophene rings is 1. The fourth-order valence-electron chi connectivity index (χ4n) is 2.74. The molecular weight excluding hydrogens is 382 g/mol. The highest BCUT2D eigenvalue weighted by molar-refractivity contribution is 7.91. The van der Waals surface area contributed by atoms with Crippen LogP contribution in [0.4, 0.5) is 0 Å². The minimum absolute atomic E-state index is 0.0118. The molecule has 6 nitrogen and oxygen atoms in total. The summed E-state index contributed by atoms with van der Waals surface area (Å²) in [4.78, 5) is 14.3. The van der Waals surface area contributed by atoms with Crippen LogP contribution in [0.1, 0.15) is 34.1 Å². The Labute approximate surface area is 159 Å². The number of sulfonamides is 1. The van der Waals surface area contributed by atoms with Crippen molar-refractivity contribution in [3.63, 3.8) is 0 Å². The molecule has 142 valence electrons. The SMILES string of the molecule is CCC(C)(C)NC(C)C(=O)N1CCN(S(=O)(=O)c2ccc(Cl)s2)CC1. The highest BCUT2D eigenvalue weighted by atomic mass is 35.5. The Balaban J connectivity index is 1.96. The molecule has 0 aromatic carbocycles. The van der Waals surface area contributed by atoms with Gasteiger partial charge in [0, 0.05) is 31.7 Å². The minimum Gasteiger partial charge on any atom is -0.339 e. The van der Waals surface area contributed by atoms with Gasteiger partial charge in [0.05, 0.1) is 10.4 Å². The van der Waals surface area contributed by atoms with Gasteiger partial charge in [0.15, 0.2) is 0 Å². The second-order valence-electron chi connectivity index (χ2n) is 6.89. The third-order valence-corrected chi connectivity index (χ3v) is 8.15. The summed E-state index contributed by atoms with van der Waals surface area (Å²) in [6.45, 7) is 9.45. The lowest BCUT2D eigenvalue weighted by molar-refractivity contribution is -0.134. The summed E-state index contributed by atoms with van der Waals surface area (Å²) in [7, 11) is -3.53. The van der Waals surface area contributed by atoms with Gasteiger partial charge in [-0.25, -0.2) is 8.42 Å². The molecule has 1 unspecified atom stereocenters. The summed E-state index contributed by atoms with van der Waals surface area (Å²) in [6, 6.07) is 2.81. The first kappa shape index (κ1) is 20.6. The zero-order valence-electron chi connectivity index (χ0n) is 15.1. The number of carbonyl (C=O) groups is 1. The van der Waals surface area contributed by atoms with Crippen molar-refractivity contribution in [2.24, 2.45) is 0 Å². The highest BCUT2D eigenvalue weighted by Crippen LogP contribution is 2.28. The average Bonchev–Trinajstić information content (AvgIpc) is 3.01. The Morgan fingerprint density at radius 2 is 1.92 bits per heavy atom. The number of nitrogens with zero attached hydrogens (tertiary/aromatic N) is 2. The van der Waals surface area contributed by atoms with E-state index in [2.05, 4.69) is 26.1 Å². The molecule has 0 aliphatic carbocycles. The summed E-state index contributed by atoms with van der Waals surface area (Å²) >= 11 is 6.90. The smallest absolute Gasteiger partial charge is 0.252 e. The topological polar surface area (TPSA) is 69.7 Å². The van der Waals surface area contributed by atoms with E-state index in [4.69, 9.17) is 11.6 Å². The van der Waals surface area contributed by atoms with Crippen molar-refractivity contribution < 1.29 is 13.2 Å². The maximum absolute atomic E-state index is 12.6. The van der Waals surface area contributed by atoms with E-state index in [0.717, 1.165) is 17.8 Å². The van der Waals surface area contributed by atoms with Crippen LogP contribution in [0.3, 0.4) is 0 Å². The fourth-order valence-corrected chi connectivity index (χ4v) is 5.80. The van der Waals surface area contributed by atoms with E-state index in [0.29, 0.717) is 30.5 Å².